The molecule has 0 aliphatic heterocycles. The van der Waals surface area contributed by atoms with E-state index >= 15 is 0 Å². The first-order valence-corrected chi connectivity index (χ1v) is 26.5. The standard InChI is InChI=1S/C68H41F6N5S/c69-67(70,71)49-24-14-44(15-25-49)47-22-37-62-58(40-47)59-41-48(45-16-26-50(27-17-45)68(72,73)74)23-38-63(59)79(62)53-30-20-46(21-31-53)55-36-39-64(66-65(55)75-80-76-66)77(51-28-18-43(19-29-51)42-8-2-1-3-9-42)52-32-34-54(35-33-52)78-60-12-6-4-10-56(60)57-11-5-7-13-61(57)78/h1-41H. The average Bonchev–Trinajstić information content (AvgIpc) is 4.33. The molecule has 11 aromatic carbocycles. The van der Waals surface area contributed by atoms with E-state index in [0.29, 0.717) is 22.3 Å². The van der Waals surface area contributed by atoms with Crippen molar-refractivity contribution >= 4 is 83.4 Å². The van der Waals surface area contributed by atoms with Gasteiger partial charge in [0.25, 0.3) is 0 Å². The van der Waals surface area contributed by atoms with Crippen molar-refractivity contribution in [1.29, 1.82) is 0 Å². The fourth-order valence-electron chi connectivity index (χ4n) is 11.2. The third-order valence-corrected chi connectivity index (χ3v) is 15.6. The molecule has 0 aliphatic carbocycles. The van der Waals surface area contributed by atoms with Crippen LogP contribution in [0.4, 0.5) is 43.4 Å². The van der Waals surface area contributed by atoms with Crippen LogP contribution in [0.1, 0.15) is 11.1 Å². The molecule has 0 spiro atoms. The van der Waals surface area contributed by atoms with Crippen LogP contribution >= 0.6 is 11.7 Å². The number of benzene rings is 11. The highest BCUT2D eigenvalue weighted by Crippen LogP contribution is 2.44. The van der Waals surface area contributed by atoms with Gasteiger partial charge in [0.2, 0.25) is 0 Å². The molecule has 14 rings (SSSR count). The minimum atomic E-state index is -4.48. The molecular formula is C68H41F6N5S. The smallest absolute Gasteiger partial charge is 0.309 e. The molecule has 0 saturated heterocycles. The molecule has 0 atom stereocenters. The highest BCUT2D eigenvalue weighted by atomic mass is 32.1. The molecule has 0 radical (unpaired) electrons. The largest absolute Gasteiger partial charge is 0.416 e. The Labute approximate surface area is 458 Å². The number of aromatic nitrogens is 4. The van der Waals surface area contributed by atoms with E-state index < -0.39 is 23.5 Å². The van der Waals surface area contributed by atoms with E-state index in [-0.39, 0.29) is 0 Å². The first kappa shape index (κ1) is 48.6. The van der Waals surface area contributed by atoms with Gasteiger partial charge in [-0.25, -0.2) is 0 Å². The van der Waals surface area contributed by atoms with Gasteiger partial charge in [0.1, 0.15) is 11.0 Å². The van der Waals surface area contributed by atoms with Crippen LogP contribution in [-0.4, -0.2) is 17.9 Å². The molecule has 12 heteroatoms. The maximum Gasteiger partial charge on any atom is 0.416 e. The van der Waals surface area contributed by atoms with Crippen LogP contribution in [0.3, 0.4) is 0 Å². The molecule has 80 heavy (non-hydrogen) atoms. The molecule has 0 unspecified atom stereocenters. The summed E-state index contributed by atoms with van der Waals surface area (Å²) >= 11 is 1.16. The van der Waals surface area contributed by atoms with Gasteiger partial charge in [-0.05, 0) is 160 Å². The normalized spacial score (nSPS) is 12.1. The summed E-state index contributed by atoms with van der Waals surface area (Å²) in [5, 5.41) is 4.03. The second-order valence-electron chi connectivity index (χ2n) is 19.7. The summed E-state index contributed by atoms with van der Waals surface area (Å²) < 4.78 is 95.7. The Balaban J connectivity index is 0.852. The number of hydrogen-bond donors (Lipinski definition) is 0. The monoisotopic (exact) mass is 1070 g/mol. The van der Waals surface area contributed by atoms with E-state index in [1.807, 2.05) is 66.7 Å². The lowest BCUT2D eigenvalue weighted by atomic mass is 9.99. The van der Waals surface area contributed by atoms with Gasteiger partial charge in [0.15, 0.2) is 0 Å². The number of rotatable bonds is 9. The van der Waals surface area contributed by atoms with Gasteiger partial charge in [-0.1, -0.05) is 127 Å². The van der Waals surface area contributed by atoms with Crippen LogP contribution in [0.5, 0.6) is 0 Å². The van der Waals surface area contributed by atoms with Gasteiger partial charge < -0.3 is 14.0 Å². The number of halogens is 6. The second-order valence-corrected chi connectivity index (χ2v) is 20.3. The van der Waals surface area contributed by atoms with Crippen molar-refractivity contribution in [3.63, 3.8) is 0 Å². The summed E-state index contributed by atoms with van der Waals surface area (Å²) in [7, 11) is 0. The maximum atomic E-state index is 13.6. The van der Waals surface area contributed by atoms with E-state index in [2.05, 4.69) is 147 Å². The van der Waals surface area contributed by atoms with Crippen LogP contribution in [0, 0.1) is 0 Å². The number of alkyl halides is 6. The molecule has 5 nitrogen and oxygen atoms in total. The quantitative estimate of drug-likeness (QED) is 0.135. The van der Waals surface area contributed by atoms with Gasteiger partial charge in [0, 0.05) is 49.9 Å². The SMILES string of the molecule is FC(F)(F)c1ccc(-c2ccc3c(c2)c2cc(-c4ccc(C(F)(F)F)cc4)ccc2n3-c2ccc(-c3ccc(N(c4ccc(-c5ccccc5)cc4)c4ccc(-n5c6ccccc6c6ccccc65)cc4)c4nsnc34)cc2)cc1. The summed E-state index contributed by atoms with van der Waals surface area (Å²) in [4.78, 5) is 2.23. The third kappa shape index (κ3) is 8.43. The predicted molar refractivity (Wildman–Crippen MR) is 313 cm³/mol. The Morgan fingerprint density at radius 1 is 0.325 bits per heavy atom. The number of nitrogens with zero attached hydrogens (tertiary/aromatic N) is 5. The van der Waals surface area contributed by atoms with E-state index in [1.165, 1.54) is 35.0 Å². The van der Waals surface area contributed by atoms with E-state index in [4.69, 9.17) is 8.75 Å². The highest BCUT2D eigenvalue weighted by Gasteiger charge is 2.31. The average molecular weight is 1070 g/mol. The number of anilines is 3. The van der Waals surface area contributed by atoms with E-state index in [0.717, 1.165) is 131 Å². The van der Waals surface area contributed by atoms with Crippen LogP contribution in [0.15, 0.2) is 249 Å². The van der Waals surface area contributed by atoms with Gasteiger partial charge in [-0.2, -0.15) is 35.1 Å². The van der Waals surface area contributed by atoms with Gasteiger partial charge in [-0.3, -0.25) is 0 Å². The Hall–Kier alpha value is -9.78. The summed E-state index contributed by atoms with van der Waals surface area (Å²) in [6.45, 7) is 0. The topological polar surface area (TPSA) is 38.9 Å². The zero-order chi connectivity index (χ0) is 54.3. The van der Waals surface area contributed by atoms with Gasteiger partial charge in [0.05, 0.1) is 50.6 Å². The van der Waals surface area contributed by atoms with Crippen molar-refractivity contribution < 1.29 is 26.3 Å². The molecule has 3 heterocycles. The molecule has 14 aromatic rings. The predicted octanol–water partition coefficient (Wildman–Crippen LogP) is 20.1. The molecule has 386 valence electrons. The summed E-state index contributed by atoms with van der Waals surface area (Å²) in [5.74, 6) is 0. The number of hydrogen-bond acceptors (Lipinski definition) is 4. The van der Waals surface area contributed by atoms with Gasteiger partial charge in [-0.15, -0.1) is 0 Å². The molecule has 0 saturated carbocycles. The first-order valence-electron chi connectivity index (χ1n) is 25.8. The number of fused-ring (bicyclic) bond motifs is 7. The maximum absolute atomic E-state index is 13.6. The van der Waals surface area contributed by atoms with E-state index in [1.54, 1.807) is 0 Å². The Morgan fingerprint density at radius 2 is 0.713 bits per heavy atom. The van der Waals surface area contributed by atoms with Crippen molar-refractivity contribution in [1.82, 2.24) is 17.9 Å². The molecule has 0 fully saturated rings. The van der Waals surface area contributed by atoms with Crippen molar-refractivity contribution in [2.45, 2.75) is 12.4 Å². The minimum Gasteiger partial charge on any atom is -0.309 e. The molecule has 3 aromatic heterocycles. The van der Waals surface area contributed by atoms with Gasteiger partial charge >= 0.3 is 12.4 Å². The Bertz CT molecular complexity index is 4470. The highest BCUT2D eigenvalue weighted by molar-refractivity contribution is 7.00. The summed E-state index contributed by atoms with van der Waals surface area (Å²) in [6.07, 6.45) is -8.95. The minimum absolute atomic E-state index is 0.607. The first-order chi connectivity index (χ1) is 38.9. The second kappa shape index (κ2) is 19.0. The van der Waals surface area contributed by atoms with Crippen molar-refractivity contribution in [2.75, 3.05) is 4.90 Å². The van der Waals surface area contributed by atoms with Crippen molar-refractivity contribution in [2.24, 2.45) is 0 Å². The van der Waals surface area contributed by atoms with Crippen LogP contribution in [0.2, 0.25) is 0 Å². The third-order valence-electron chi connectivity index (χ3n) is 15.1. The summed E-state index contributed by atoms with van der Waals surface area (Å²) in [6, 6.07) is 78.6. The lowest BCUT2D eigenvalue weighted by Crippen LogP contribution is -2.11. The Kier molecular flexibility index (Phi) is 11.5. The summed E-state index contributed by atoms with van der Waals surface area (Å²) in [5.41, 5.74) is 15.3. The fraction of sp³-hybridized carbons (Fsp3) is 0.0294. The molecule has 0 aliphatic rings. The fourth-order valence-corrected chi connectivity index (χ4v) is 11.8. The van der Waals surface area contributed by atoms with Crippen LogP contribution in [0.25, 0.3) is 111 Å². The molecule has 0 N–H and O–H groups in total. The zero-order valence-electron chi connectivity index (χ0n) is 42.1. The Morgan fingerprint density at radius 3 is 1.23 bits per heavy atom. The van der Waals surface area contributed by atoms with Crippen molar-refractivity contribution in [3.8, 4) is 55.9 Å². The van der Waals surface area contributed by atoms with Crippen LogP contribution < -0.4 is 4.90 Å². The molecular weight excluding hydrogens is 1030 g/mol. The lowest BCUT2D eigenvalue weighted by Gasteiger charge is -2.26. The molecule has 0 amide bonds. The zero-order valence-corrected chi connectivity index (χ0v) is 42.9. The van der Waals surface area contributed by atoms with Crippen molar-refractivity contribution in [3.05, 3.63) is 260 Å². The molecule has 0 bridgehead atoms. The van der Waals surface area contributed by atoms with E-state index in [9.17, 15) is 26.3 Å². The number of para-hydroxylation sites is 2. The van der Waals surface area contributed by atoms with Crippen LogP contribution in [-0.2, 0) is 12.4 Å². The lowest BCUT2D eigenvalue weighted by molar-refractivity contribution is -0.138.